The van der Waals surface area contributed by atoms with Crippen LogP contribution in [0.4, 0.5) is 0 Å². The first-order valence-corrected chi connectivity index (χ1v) is 8.65. The predicted octanol–water partition coefficient (Wildman–Crippen LogP) is 3.65. The molecule has 1 aliphatic rings. The van der Waals surface area contributed by atoms with Gasteiger partial charge in [-0.15, -0.1) is 0 Å². The van der Waals surface area contributed by atoms with Crippen molar-refractivity contribution in [1.82, 2.24) is 14.8 Å². The second-order valence-electron chi connectivity index (χ2n) is 6.29. The number of hydrogen-bond donors (Lipinski definition) is 1. The van der Waals surface area contributed by atoms with Crippen molar-refractivity contribution in [3.63, 3.8) is 0 Å². The molecule has 1 fully saturated rings. The van der Waals surface area contributed by atoms with Gasteiger partial charge in [-0.3, -0.25) is 4.68 Å². The zero-order valence-corrected chi connectivity index (χ0v) is 14.2. The highest BCUT2D eigenvalue weighted by molar-refractivity contribution is 6.03. The summed E-state index contributed by atoms with van der Waals surface area (Å²) in [6.07, 6.45) is 7.45. The monoisotopic (exact) mass is 349 g/mol. The first-order valence-electron chi connectivity index (χ1n) is 8.65. The molecular formula is C20H19N3O3. The molecule has 4 rings (SSSR count). The number of fused-ring (bicyclic) bond motifs is 1. The summed E-state index contributed by atoms with van der Waals surface area (Å²) in [6, 6.07) is 11.2. The zero-order valence-electron chi connectivity index (χ0n) is 14.2. The summed E-state index contributed by atoms with van der Waals surface area (Å²) >= 11 is 0. The summed E-state index contributed by atoms with van der Waals surface area (Å²) in [6.45, 7) is 1.50. The fourth-order valence-corrected chi connectivity index (χ4v) is 3.32. The van der Waals surface area contributed by atoms with Crippen molar-refractivity contribution in [2.24, 2.45) is 0 Å². The number of benzene rings is 1. The third-order valence-electron chi connectivity index (χ3n) is 4.63. The topological polar surface area (TPSA) is 77.2 Å². The van der Waals surface area contributed by atoms with E-state index in [1.54, 1.807) is 18.3 Å². The highest BCUT2D eigenvalue weighted by Crippen LogP contribution is 2.23. The maximum Gasteiger partial charge on any atom is 0.336 e. The Bertz CT molecular complexity index is 971. The summed E-state index contributed by atoms with van der Waals surface area (Å²) in [4.78, 5) is 16.1. The molecule has 1 saturated heterocycles. The van der Waals surface area contributed by atoms with Crippen LogP contribution < -0.4 is 0 Å². The number of rotatable bonds is 4. The lowest BCUT2D eigenvalue weighted by Gasteiger charge is -2.23. The number of aromatic carboxylic acids is 1. The van der Waals surface area contributed by atoms with E-state index in [0.717, 1.165) is 31.7 Å². The van der Waals surface area contributed by atoms with Gasteiger partial charge in [-0.1, -0.05) is 18.2 Å². The van der Waals surface area contributed by atoms with Gasteiger partial charge in [0.2, 0.25) is 0 Å². The lowest BCUT2D eigenvalue weighted by Crippen LogP contribution is -2.21. The van der Waals surface area contributed by atoms with E-state index in [-0.39, 0.29) is 5.56 Å². The molecule has 1 aromatic carbocycles. The fourth-order valence-electron chi connectivity index (χ4n) is 3.32. The number of pyridine rings is 1. The highest BCUT2D eigenvalue weighted by atomic mass is 16.5. The number of carboxylic acid groups (broad SMARTS) is 1. The standard InChI is InChI=1S/C20H19N3O3/c24-20(25)18-13-14(22-19-4-2-1-3-17(18)19)5-6-15-7-10-21-23(15)16-8-11-26-12-9-16/h1-7,10,13,16H,8-9,11-12H2,(H,24,25). The molecule has 6 nitrogen and oxygen atoms in total. The van der Waals surface area contributed by atoms with Gasteiger partial charge in [0.25, 0.3) is 0 Å². The van der Waals surface area contributed by atoms with Gasteiger partial charge in [0.1, 0.15) is 0 Å². The number of para-hydroxylation sites is 1. The largest absolute Gasteiger partial charge is 0.478 e. The molecule has 0 atom stereocenters. The van der Waals surface area contributed by atoms with Crippen LogP contribution in [0, 0.1) is 0 Å². The number of aromatic nitrogens is 3. The number of ether oxygens (including phenoxy) is 1. The Balaban J connectivity index is 1.67. The molecule has 0 amide bonds. The van der Waals surface area contributed by atoms with Crippen LogP contribution in [0.25, 0.3) is 23.1 Å². The molecule has 3 aromatic rings. The maximum atomic E-state index is 11.6. The van der Waals surface area contributed by atoms with Crippen molar-refractivity contribution in [1.29, 1.82) is 0 Å². The Morgan fingerprint density at radius 2 is 2.00 bits per heavy atom. The molecule has 0 saturated carbocycles. The molecule has 6 heteroatoms. The van der Waals surface area contributed by atoms with Gasteiger partial charge < -0.3 is 9.84 Å². The quantitative estimate of drug-likeness (QED) is 0.778. The van der Waals surface area contributed by atoms with Gasteiger partial charge in [0, 0.05) is 24.8 Å². The molecule has 1 N–H and O–H groups in total. The SMILES string of the molecule is O=C(O)c1cc(C=Cc2ccnn2C2CCOCC2)nc2ccccc12. The molecule has 0 unspecified atom stereocenters. The lowest BCUT2D eigenvalue weighted by atomic mass is 10.1. The minimum Gasteiger partial charge on any atom is -0.478 e. The van der Waals surface area contributed by atoms with Crippen molar-refractivity contribution >= 4 is 29.0 Å². The molecule has 26 heavy (non-hydrogen) atoms. The second-order valence-corrected chi connectivity index (χ2v) is 6.29. The summed E-state index contributed by atoms with van der Waals surface area (Å²) in [5.74, 6) is -0.953. The Kier molecular flexibility index (Phi) is 4.50. The van der Waals surface area contributed by atoms with Crippen LogP contribution in [0.5, 0.6) is 0 Å². The molecule has 132 valence electrons. The van der Waals surface area contributed by atoms with E-state index in [0.29, 0.717) is 22.6 Å². The van der Waals surface area contributed by atoms with Crippen LogP contribution in [0.3, 0.4) is 0 Å². The van der Waals surface area contributed by atoms with Gasteiger partial charge in [0.05, 0.1) is 28.5 Å². The number of carbonyl (C=O) groups is 1. The number of carboxylic acids is 1. The molecule has 0 radical (unpaired) electrons. The van der Waals surface area contributed by atoms with E-state index in [1.165, 1.54) is 0 Å². The van der Waals surface area contributed by atoms with Crippen molar-refractivity contribution < 1.29 is 14.6 Å². The van der Waals surface area contributed by atoms with Gasteiger partial charge in [-0.25, -0.2) is 9.78 Å². The first-order chi connectivity index (χ1) is 12.7. The van der Waals surface area contributed by atoms with Crippen LogP contribution in [0.2, 0.25) is 0 Å². The normalized spacial score (nSPS) is 15.7. The Labute approximate surface area is 150 Å². The van der Waals surface area contributed by atoms with E-state index in [4.69, 9.17) is 4.74 Å². The molecule has 2 aromatic heterocycles. The average molecular weight is 349 g/mol. The molecule has 0 bridgehead atoms. The van der Waals surface area contributed by atoms with Crippen molar-refractivity contribution in [2.45, 2.75) is 18.9 Å². The summed E-state index contributed by atoms with van der Waals surface area (Å²) in [7, 11) is 0. The minimum atomic E-state index is -0.953. The van der Waals surface area contributed by atoms with E-state index in [9.17, 15) is 9.90 Å². The van der Waals surface area contributed by atoms with Crippen molar-refractivity contribution in [2.75, 3.05) is 13.2 Å². The summed E-state index contributed by atoms with van der Waals surface area (Å²) < 4.78 is 7.43. The Morgan fingerprint density at radius 3 is 2.81 bits per heavy atom. The molecule has 0 aliphatic carbocycles. The minimum absolute atomic E-state index is 0.258. The first kappa shape index (κ1) is 16.5. The van der Waals surface area contributed by atoms with Crippen molar-refractivity contribution in [3.8, 4) is 0 Å². The second kappa shape index (κ2) is 7.09. The third kappa shape index (κ3) is 3.23. The Morgan fingerprint density at radius 1 is 1.19 bits per heavy atom. The summed E-state index contributed by atoms with van der Waals surface area (Å²) in [5.41, 5.74) is 2.52. The Hall–Kier alpha value is -2.99. The predicted molar refractivity (Wildman–Crippen MR) is 98.9 cm³/mol. The highest BCUT2D eigenvalue weighted by Gasteiger charge is 2.17. The molecule has 0 spiro atoms. The molecule has 1 aliphatic heterocycles. The lowest BCUT2D eigenvalue weighted by molar-refractivity contribution is 0.0660. The van der Waals surface area contributed by atoms with Crippen LogP contribution in [-0.4, -0.2) is 39.1 Å². The van der Waals surface area contributed by atoms with E-state index < -0.39 is 5.97 Å². The van der Waals surface area contributed by atoms with Gasteiger partial charge >= 0.3 is 5.97 Å². The number of nitrogens with zero attached hydrogens (tertiary/aromatic N) is 3. The van der Waals surface area contributed by atoms with Crippen LogP contribution in [-0.2, 0) is 4.74 Å². The van der Waals surface area contributed by atoms with Crippen LogP contribution >= 0.6 is 0 Å². The molecule has 3 heterocycles. The summed E-state index contributed by atoms with van der Waals surface area (Å²) in [5, 5.41) is 14.6. The van der Waals surface area contributed by atoms with Gasteiger partial charge in [-0.2, -0.15) is 5.10 Å². The third-order valence-corrected chi connectivity index (χ3v) is 4.63. The van der Waals surface area contributed by atoms with Gasteiger partial charge in [-0.05, 0) is 43.2 Å². The number of hydrogen-bond acceptors (Lipinski definition) is 4. The van der Waals surface area contributed by atoms with Crippen LogP contribution in [0.15, 0.2) is 42.6 Å². The van der Waals surface area contributed by atoms with Crippen LogP contribution in [0.1, 0.15) is 40.6 Å². The van der Waals surface area contributed by atoms with Gasteiger partial charge in [0.15, 0.2) is 0 Å². The molecular weight excluding hydrogens is 330 g/mol. The van der Waals surface area contributed by atoms with E-state index >= 15 is 0 Å². The van der Waals surface area contributed by atoms with Crippen molar-refractivity contribution in [3.05, 3.63) is 59.5 Å². The zero-order chi connectivity index (χ0) is 17.9. The smallest absolute Gasteiger partial charge is 0.336 e. The average Bonchev–Trinajstić information content (AvgIpc) is 3.15. The van der Waals surface area contributed by atoms with E-state index in [2.05, 4.69) is 10.1 Å². The maximum absolute atomic E-state index is 11.6. The van der Waals surface area contributed by atoms with E-state index in [1.807, 2.05) is 41.1 Å². The fraction of sp³-hybridized carbons (Fsp3) is 0.250.